The number of urea groups is 1. The van der Waals surface area contributed by atoms with Crippen LogP contribution in [0.5, 0.6) is 5.88 Å². The Hall–Kier alpha value is -3.09. The van der Waals surface area contributed by atoms with Gasteiger partial charge in [-0.1, -0.05) is 0 Å². The minimum absolute atomic E-state index is 0.0531. The number of anilines is 1. The minimum Gasteiger partial charge on any atom is -0.474 e. The first-order valence-electron chi connectivity index (χ1n) is 10.1. The van der Waals surface area contributed by atoms with Gasteiger partial charge in [-0.15, -0.1) is 0 Å². The van der Waals surface area contributed by atoms with Gasteiger partial charge in [-0.3, -0.25) is 4.79 Å². The number of nitrogens with zero attached hydrogens (tertiary/aromatic N) is 1. The molecule has 0 bridgehead atoms. The summed E-state index contributed by atoms with van der Waals surface area (Å²) in [6, 6.07) is 10.3. The van der Waals surface area contributed by atoms with E-state index in [2.05, 4.69) is 20.9 Å². The molecule has 7 heteroatoms. The van der Waals surface area contributed by atoms with Crippen LogP contribution in [0.15, 0.2) is 42.6 Å². The zero-order valence-corrected chi connectivity index (χ0v) is 16.9. The highest BCUT2D eigenvalue weighted by Crippen LogP contribution is 2.23. The molecule has 3 N–H and O–H groups in total. The van der Waals surface area contributed by atoms with Crippen LogP contribution >= 0.6 is 0 Å². The average molecular weight is 396 g/mol. The summed E-state index contributed by atoms with van der Waals surface area (Å²) < 4.78 is 5.91. The van der Waals surface area contributed by atoms with Crippen molar-refractivity contribution in [2.45, 2.75) is 58.2 Å². The van der Waals surface area contributed by atoms with E-state index in [1.54, 1.807) is 30.5 Å². The standard InChI is InChI=1S/C22H28N4O3/c1-15(2)25-22(28)26-18-9-7-17(8-10-18)21(27)24-14-16-11-12-23-20(13-16)29-19-5-3-4-6-19/h7-13,15,19H,3-6,14H2,1-2H3,(H,24,27)(H2,25,26,28). The van der Waals surface area contributed by atoms with Crippen LogP contribution in [0.2, 0.25) is 0 Å². The van der Waals surface area contributed by atoms with Gasteiger partial charge in [0.1, 0.15) is 6.10 Å². The lowest BCUT2D eigenvalue weighted by molar-refractivity contribution is 0.0950. The molecule has 1 aromatic carbocycles. The fourth-order valence-electron chi connectivity index (χ4n) is 3.22. The van der Waals surface area contributed by atoms with Crippen LogP contribution in [0.3, 0.4) is 0 Å². The molecule has 7 nitrogen and oxygen atoms in total. The Morgan fingerprint density at radius 3 is 2.55 bits per heavy atom. The highest BCUT2D eigenvalue weighted by Gasteiger charge is 2.17. The summed E-state index contributed by atoms with van der Waals surface area (Å²) in [5, 5.41) is 8.38. The van der Waals surface area contributed by atoms with Crippen molar-refractivity contribution in [3.05, 3.63) is 53.7 Å². The molecule has 0 radical (unpaired) electrons. The SMILES string of the molecule is CC(C)NC(=O)Nc1ccc(C(=O)NCc2ccnc(OC3CCCC3)c2)cc1. The smallest absolute Gasteiger partial charge is 0.319 e. The van der Waals surface area contributed by atoms with Gasteiger partial charge in [0, 0.05) is 36.1 Å². The van der Waals surface area contributed by atoms with Crippen LogP contribution in [0, 0.1) is 0 Å². The van der Waals surface area contributed by atoms with Crippen molar-refractivity contribution in [3.63, 3.8) is 0 Å². The maximum atomic E-state index is 12.4. The minimum atomic E-state index is -0.273. The van der Waals surface area contributed by atoms with E-state index in [-0.39, 0.29) is 24.1 Å². The van der Waals surface area contributed by atoms with Crippen LogP contribution in [0.4, 0.5) is 10.5 Å². The Labute approximate surface area is 171 Å². The van der Waals surface area contributed by atoms with Crippen molar-refractivity contribution >= 4 is 17.6 Å². The maximum Gasteiger partial charge on any atom is 0.319 e. The number of nitrogens with one attached hydrogen (secondary N) is 3. The molecule has 0 spiro atoms. The van der Waals surface area contributed by atoms with Gasteiger partial charge in [0.25, 0.3) is 5.91 Å². The Morgan fingerprint density at radius 2 is 1.86 bits per heavy atom. The second-order valence-corrected chi connectivity index (χ2v) is 7.54. The second-order valence-electron chi connectivity index (χ2n) is 7.54. The zero-order valence-electron chi connectivity index (χ0n) is 16.9. The fourth-order valence-corrected chi connectivity index (χ4v) is 3.22. The molecule has 0 saturated heterocycles. The molecule has 1 aromatic heterocycles. The van der Waals surface area contributed by atoms with E-state index in [1.807, 2.05) is 26.0 Å². The first-order chi connectivity index (χ1) is 14.0. The fraction of sp³-hybridized carbons (Fsp3) is 0.409. The van der Waals surface area contributed by atoms with E-state index < -0.39 is 0 Å². The summed E-state index contributed by atoms with van der Waals surface area (Å²) in [7, 11) is 0. The number of pyridine rings is 1. The Bertz CT molecular complexity index is 830. The van der Waals surface area contributed by atoms with Crippen LogP contribution in [0.1, 0.15) is 55.5 Å². The molecule has 29 heavy (non-hydrogen) atoms. The molecule has 2 aromatic rings. The van der Waals surface area contributed by atoms with Crippen LogP contribution in [-0.4, -0.2) is 29.1 Å². The van der Waals surface area contributed by atoms with Gasteiger partial charge in [-0.25, -0.2) is 9.78 Å². The molecule has 3 rings (SSSR count). The number of benzene rings is 1. The topological polar surface area (TPSA) is 92.4 Å². The van der Waals surface area contributed by atoms with Crippen LogP contribution in [0.25, 0.3) is 0 Å². The summed E-state index contributed by atoms with van der Waals surface area (Å²) in [4.78, 5) is 28.4. The lowest BCUT2D eigenvalue weighted by atomic mass is 10.2. The maximum absolute atomic E-state index is 12.4. The number of hydrogen-bond acceptors (Lipinski definition) is 4. The van der Waals surface area contributed by atoms with Crippen molar-refractivity contribution in [1.82, 2.24) is 15.6 Å². The summed E-state index contributed by atoms with van der Waals surface area (Å²) in [6.45, 7) is 4.17. The van der Waals surface area contributed by atoms with Gasteiger partial charge in [-0.2, -0.15) is 0 Å². The molecule has 0 unspecified atom stereocenters. The van der Waals surface area contributed by atoms with Gasteiger partial charge in [0.2, 0.25) is 5.88 Å². The number of aromatic nitrogens is 1. The van der Waals surface area contributed by atoms with Crippen molar-refractivity contribution in [2.24, 2.45) is 0 Å². The largest absolute Gasteiger partial charge is 0.474 e. The second kappa shape index (κ2) is 9.91. The number of ether oxygens (including phenoxy) is 1. The van der Waals surface area contributed by atoms with E-state index in [4.69, 9.17) is 4.74 Å². The third-order valence-corrected chi connectivity index (χ3v) is 4.67. The normalized spacial score (nSPS) is 13.9. The van der Waals surface area contributed by atoms with E-state index in [1.165, 1.54) is 12.8 Å². The van der Waals surface area contributed by atoms with Gasteiger partial charge >= 0.3 is 6.03 Å². The predicted octanol–water partition coefficient (Wildman–Crippen LogP) is 3.86. The molecule has 154 valence electrons. The van der Waals surface area contributed by atoms with Crippen molar-refractivity contribution in [2.75, 3.05) is 5.32 Å². The van der Waals surface area contributed by atoms with E-state index in [0.29, 0.717) is 23.7 Å². The molecule has 1 saturated carbocycles. The van der Waals surface area contributed by atoms with Crippen LogP contribution < -0.4 is 20.7 Å². The van der Waals surface area contributed by atoms with Gasteiger partial charge in [-0.05, 0) is 75.4 Å². The third kappa shape index (κ3) is 6.48. The Kier molecular flexibility index (Phi) is 7.05. The monoisotopic (exact) mass is 396 g/mol. The van der Waals surface area contributed by atoms with E-state index in [9.17, 15) is 9.59 Å². The first kappa shape index (κ1) is 20.6. The number of carbonyl (C=O) groups excluding carboxylic acids is 2. The lowest BCUT2D eigenvalue weighted by Crippen LogP contribution is -2.34. The van der Waals surface area contributed by atoms with Gasteiger partial charge in [0.15, 0.2) is 0 Å². The molecule has 0 atom stereocenters. The summed E-state index contributed by atoms with van der Waals surface area (Å²) in [5.74, 6) is 0.428. The quantitative estimate of drug-likeness (QED) is 0.663. The number of hydrogen-bond donors (Lipinski definition) is 3. The molecule has 1 aliphatic carbocycles. The predicted molar refractivity (Wildman–Crippen MR) is 112 cm³/mol. The highest BCUT2D eigenvalue weighted by atomic mass is 16.5. The van der Waals surface area contributed by atoms with Crippen molar-refractivity contribution in [3.8, 4) is 5.88 Å². The molecular weight excluding hydrogens is 368 g/mol. The van der Waals surface area contributed by atoms with Gasteiger partial charge in [0.05, 0.1) is 0 Å². The van der Waals surface area contributed by atoms with Gasteiger partial charge < -0.3 is 20.7 Å². The van der Waals surface area contributed by atoms with Crippen molar-refractivity contribution in [1.29, 1.82) is 0 Å². The average Bonchev–Trinajstić information content (AvgIpc) is 3.19. The molecule has 1 heterocycles. The summed E-state index contributed by atoms with van der Waals surface area (Å²) in [5.41, 5.74) is 2.09. The van der Waals surface area contributed by atoms with E-state index in [0.717, 1.165) is 18.4 Å². The highest BCUT2D eigenvalue weighted by molar-refractivity contribution is 5.95. The molecule has 1 aliphatic rings. The number of amides is 3. The number of rotatable bonds is 7. The Balaban J connectivity index is 1.50. The van der Waals surface area contributed by atoms with Crippen molar-refractivity contribution < 1.29 is 14.3 Å². The lowest BCUT2D eigenvalue weighted by Gasteiger charge is -2.13. The molecule has 1 fully saturated rings. The summed E-state index contributed by atoms with van der Waals surface area (Å²) >= 11 is 0. The molecule has 0 aliphatic heterocycles. The van der Waals surface area contributed by atoms with Crippen LogP contribution in [-0.2, 0) is 6.54 Å². The molecular formula is C22H28N4O3. The third-order valence-electron chi connectivity index (χ3n) is 4.67. The number of carbonyl (C=O) groups is 2. The summed E-state index contributed by atoms with van der Waals surface area (Å²) in [6.07, 6.45) is 6.52. The zero-order chi connectivity index (χ0) is 20.6. The van der Waals surface area contributed by atoms with E-state index >= 15 is 0 Å². The molecule has 3 amide bonds. The first-order valence-corrected chi connectivity index (χ1v) is 10.1. The Morgan fingerprint density at radius 1 is 1.14 bits per heavy atom.